The topological polar surface area (TPSA) is 26.9 Å². The van der Waals surface area contributed by atoms with Gasteiger partial charge in [-0.2, -0.15) is 0 Å². The summed E-state index contributed by atoms with van der Waals surface area (Å²) in [5, 5.41) is 7.38. The van der Waals surface area contributed by atoms with Crippen molar-refractivity contribution in [3.63, 3.8) is 0 Å². The highest BCUT2D eigenvalue weighted by atomic mass is 31.2. The lowest BCUT2D eigenvalue weighted by Gasteiger charge is -2.17. The van der Waals surface area contributed by atoms with Crippen molar-refractivity contribution in [3.05, 3.63) is 164 Å². The predicted octanol–water partition coefficient (Wildman–Crippen LogP) is 9.50. The third-order valence-corrected chi connectivity index (χ3v) is 12.9. The maximum Gasteiger partial charge on any atom is 0.172 e. The Morgan fingerprint density at radius 1 is 0.413 bits per heavy atom. The summed E-state index contributed by atoms with van der Waals surface area (Å²) in [4.78, 5) is 0. The molecule has 46 heavy (non-hydrogen) atoms. The first kappa shape index (κ1) is 25.7. The van der Waals surface area contributed by atoms with E-state index in [-0.39, 0.29) is 0 Å². The lowest BCUT2D eigenvalue weighted by molar-refractivity contribution is 0.593. The van der Waals surface area contributed by atoms with Crippen molar-refractivity contribution in [2.24, 2.45) is 0 Å². The minimum Gasteiger partial charge on any atom is -0.309 e. The minimum atomic E-state index is -3.15. The number of fused-ring (bicyclic) bond motifs is 10. The summed E-state index contributed by atoms with van der Waals surface area (Å²) >= 11 is 0. The molecule has 0 spiro atoms. The van der Waals surface area contributed by atoms with Gasteiger partial charge in [0.25, 0.3) is 0 Å². The molecule has 0 aliphatic carbocycles. The highest BCUT2D eigenvalue weighted by molar-refractivity contribution is 7.86. The van der Waals surface area contributed by atoms with Crippen LogP contribution >= 0.6 is 7.14 Å². The van der Waals surface area contributed by atoms with Crippen LogP contribution in [0.5, 0.6) is 0 Å². The predicted molar refractivity (Wildman–Crippen MR) is 194 cm³/mol. The molecule has 0 saturated heterocycles. The summed E-state index contributed by atoms with van der Waals surface area (Å²) in [5.74, 6) is 0. The summed E-state index contributed by atoms with van der Waals surface area (Å²) in [6.07, 6.45) is 0. The molecule has 4 heteroatoms. The molecule has 0 bridgehead atoms. The molecule has 10 rings (SSSR count). The summed E-state index contributed by atoms with van der Waals surface area (Å²) < 4.78 is 20.4. The zero-order chi connectivity index (χ0) is 30.4. The van der Waals surface area contributed by atoms with E-state index in [0.29, 0.717) is 0 Å². The van der Waals surface area contributed by atoms with Gasteiger partial charge < -0.3 is 13.7 Å². The Morgan fingerprint density at radius 2 is 1.02 bits per heavy atom. The third kappa shape index (κ3) is 3.30. The Kier molecular flexibility index (Phi) is 5.27. The quantitative estimate of drug-likeness (QED) is 0.184. The van der Waals surface area contributed by atoms with Gasteiger partial charge in [0, 0.05) is 48.8 Å². The zero-order valence-electron chi connectivity index (χ0n) is 24.8. The molecule has 0 amide bonds. The smallest absolute Gasteiger partial charge is 0.172 e. The largest absolute Gasteiger partial charge is 0.309 e. The molecule has 9 aromatic rings. The molecule has 0 radical (unpaired) electrons. The monoisotopic (exact) mass is 606 g/mol. The van der Waals surface area contributed by atoms with Crippen LogP contribution in [-0.2, 0) is 4.57 Å². The first-order valence-electron chi connectivity index (χ1n) is 15.6. The van der Waals surface area contributed by atoms with Crippen LogP contribution in [0.1, 0.15) is 0 Å². The van der Waals surface area contributed by atoms with Crippen molar-refractivity contribution < 1.29 is 4.57 Å². The van der Waals surface area contributed by atoms with E-state index in [9.17, 15) is 0 Å². The maximum atomic E-state index is 15.7. The fourth-order valence-corrected chi connectivity index (χ4v) is 11.1. The van der Waals surface area contributed by atoms with Gasteiger partial charge in [0.1, 0.15) is 0 Å². The van der Waals surface area contributed by atoms with Crippen LogP contribution in [0.25, 0.3) is 66.1 Å². The summed E-state index contributed by atoms with van der Waals surface area (Å²) in [7, 11) is -3.15. The van der Waals surface area contributed by atoms with E-state index in [2.05, 4.69) is 137 Å². The van der Waals surface area contributed by atoms with Crippen molar-refractivity contribution in [1.29, 1.82) is 0 Å². The third-order valence-electron chi connectivity index (χ3n) is 9.71. The lowest BCUT2D eigenvalue weighted by atomic mass is 10.0. The number of nitrogens with zero attached hydrogens (tertiary/aromatic N) is 2. The average Bonchev–Trinajstić information content (AvgIpc) is 3.73. The first-order chi connectivity index (χ1) is 22.7. The van der Waals surface area contributed by atoms with Crippen LogP contribution in [0.4, 0.5) is 0 Å². The van der Waals surface area contributed by atoms with Crippen molar-refractivity contribution in [2.75, 3.05) is 0 Å². The Bertz CT molecular complexity index is 2720. The number of benzene rings is 7. The summed E-state index contributed by atoms with van der Waals surface area (Å²) in [5.41, 5.74) is 8.84. The number of hydrogen-bond acceptors (Lipinski definition) is 1. The molecule has 7 aromatic carbocycles. The van der Waals surface area contributed by atoms with Gasteiger partial charge in [-0.3, -0.25) is 0 Å². The molecule has 2 aromatic heterocycles. The fraction of sp³-hybridized carbons (Fsp3) is 0. The number of para-hydroxylation sites is 3. The van der Waals surface area contributed by atoms with Crippen LogP contribution in [0.15, 0.2) is 164 Å². The minimum absolute atomic E-state index is 0.874. The van der Waals surface area contributed by atoms with Gasteiger partial charge in [0.15, 0.2) is 7.14 Å². The van der Waals surface area contributed by atoms with Gasteiger partial charge in [-0.1, -0.05) is 121 Å². The SMILES string of the molecule is O=P1(c2ccccc2)c2ccccc2-c2ccc3c(c21)c1ccccc1n3-c1ccc2c3ccccc3n(-c3ccccc3)c2c1. The highest BCUT2D eigenvalue weighted by Gasteiger charge is 2.42. The zero-order valence-corrected chi connectivity index (χ0v) is 25.7. The van der Waals surface area contributed by atoms with E-state index >= 15 is 4.57 Å². The number of rotatable bonds is 3. The first-order valence-corrected chi connectivity index (χ1v) is 17.4. The van der Waals surface area contributed by atoms with E-state index < -0.39 is 7.14 Å². The number of hydrogen-bond donors (Lipinski definition) is 0. The van der Waals surface area contributed by atoms with E-state index in [1.165, 1.54) is 16.3 Å². The fourth-order valence-electron chi connectivity index (χ4n) is 7.82. The molecule has 3 heterocycles. The number of aromatic nitrogens is 2. The van der Waals surface area contributed by atoms with E-state index in [1.54, 1.807) is 0 Å². The van der Waals surface area contributed by atoms with Gasteiger partial charge in [-0.05, 0) is 53.6 Å². The van der Waals surface area contributed by atoms with E-state index in [0.717, 1.165) is 65.7 Å². The molecule has 0 saturated carbocycles. The standard InChI is InChI=1S/C42H27N2OP/c45-46(30-15-5-2-6-16-30)40-22-12-9-18-33(40)34-25-26-38-41(42(34)46)35-19-8-11-21-37(35)44(38)29-23-24-32-31-17-7-10-20-36(31)43(39(32)27-29)28-13-3-1-4-14-28/h1-27H. The molecule has 0 N–H and O–H groups in total. The summed E-state index contributed by atoms with van der Waals surface area (Å²) in [6, 6.07) is 57.3. The second-order valence-electron chi connectivity index (χ2n) is 12.1. The molecular formula is C42H27N2OP. The van der Waals surface area contributed by atoms with Gasteiger partial charge in [-0.15, -0.1) is 0 Å². The van der Waals surface area contributed by atoms with Crippen LogP contribution in [-0.4, -0.2) is 9.13 Å². The molecule has 216 valence electrons. The molecule has 0 fully saturated rings. The van der Waals surface area contributed by atoms with Crippen LogP contribution in [0.2, 0.25) is 0 Å². The Balaban J connectivity index is 1.32. The normalized spacial score (nSPS) is 15.6. The Morgan fingerprint density at radius 3 is 1.83 bits per heavy atom. The average molecular weight is 607 g/mol. The highest BCUT2D eigenvalue weighted by Crippen LogP contribution is 2.55. The second kappa shape index (κ2) is 9.44. The van der Waals surface area contributed by atoms with Crippen LogP contribution < -0.4 is 15.9 Å². The lowest BCUT2D eigenvalue weighted by Crippen LogP contribution is -2.21. The van der Waals surface area contributed by atoms with Crippen LogP contribution in [0, 0.1) is 0 Å². The Labute approximate surface area is 266 Å². The molecule has 1 unspecified atom stereocenters. The maximum absolute atomic E-state index is 15.7. The van der Waals surface area contributed by atoms with Crippen molar-refractivity contribution in [3.8, 4) is 22.5 Å². The van der Waals surface area contributed by atoms with E-state index in [1.807, 2.05) is 36.4 Å². The summed E-state index contributed by atoms with van der Waals surface area (Å²) in [6.45, 7) is 0. The van der Waals surface area contributed by atoms with E-state index in [4.69, 9.17) is 0 Å². The molecule has 3 nitrogen and oxygen atoms in total. The molecule has 1 atom stereocenters. The van der Waals surface area contributed by atoms with Gasteiger partial charge in [0.2, 0.25) is 0 Å². The van der Waals surface area contributed by atoms with Crippen molar-refractivity contribution in [2.45, 2.75) is 0 Å². The second-order valence-corrected chi connectivity index (χ2v) is 14.7. The van der Waals surface area contributed by atoms with Gasteiger partial charge in [0.05, 0.1) is 22.1 Å². The van der Waals surface area contributed by atoms with Gasteiger partial charge >= 0.3 is 0 Å². The van der Waals surface area contributed by atoms with Gasteiger partial charge in [-0.25, -0.2) is 0 Å². The molecule has 1 aliphatic heterocycles. The molecular weight excluding hydrogens is 579 g/mol. The Hall–Kier alpha value is -5.63. The van der Waals surface area contributed by atoms with Crippen molar-refractivity contribution >= 4 is 66.7 Å². The molecule has 1 aliphatic rings. The van der Waals surface area contributed by atoms with Crippen molar-refractivity contribution in [1.82, 2.24) is 9.13 Å². The van der Waals surface area contributed by atoms with Crippen LogP contribution in [0.3, 0.4) is 0 Å².